The quantitative estimate of drug-likeness (QED) is 0.145. The van der Waals surface area contributed by atoms with Crippen molar-refractivity contribution in [1.82, 2.24) is 0 Å². The number of hydrogen-bond donors (Lipinski definition) is 0. The van der Waals surface area contributed by atoms with Crippen LogP contribution in [-0.4, -0.2) is 0 Å². The van der Waals surface area contributed by atoms with Crippen molar-refractivity contribution in [2.75, 3.05) is 0 Å². The molecule has 0 amide bonds. The first kappa shape index (κ1) is 25.1. The van der Waals surface area contributed by atoms with E-state index in [-0.39, 0.29) is 0 Å². The van der Waals surface area contributed by atoms with Crippen molar-refractivity contribution in [1.29, 1.82) is 0 Å². The van der Waals surface area contributed by atoms with E-state index in [0.717, 1.165) is 12.8 Å². The summed E-state index contributed by atoms with van der Waals surface area (Å²) in [6.07, 6.45) is 9.03. The molecule has 39 heavy (non-hydrogen) atoms. The largest absolute Gasteiger partial charge is 0.135 e. The average molecular weight is 521 g/mol. The van der Waals surface area contributed by atoms with Crippen LogP contribution in [0.1, 0.15) is 32.3 Å². The summed E-state index contributed by atoms with van der Waals surface area (Å²) in [4.78, 5) is 2.59. The van der Waals surface area contributed by atoms with Crippen LogP contribution in [0, 0.1) is 0 Å². The van der Waals surface area contributed by atoms with Gasteiger partial charge < -0.3 is 0 Å². The SMILES string of the molecule is C/C=C\C(=C/CCC)c1c2ccccc2c(-c2cccc(-c3ccc(-c4ccccc4)s3)c2)c2ccccc12. The molecular formula is C38H32S. The van der Waals surface area contributed by atoms with Crippen LogP contribution in [0.15, 0.2) is 133 Å². The highest BCUT2D eigenvalue weighted by molar-refractivity contribution is 7.18. The third kappa shape index (κ3) is 4.87. The Kier molecular flexibility index (Phi) is 7.25. The molecule has 1 aromatic heterocycles. The van der Waals surface area contributed by atoms with Gasteiger partial charge in [0.1, 0.15) is 0 Å². The Balaban J connectivity index is 1.57. The van der Waals surface area contributed by atoms with Crippen LogP contribution in [0.5, 0.6) is 0 Å². The Bertz CT molecular complexity index is 1760. The predicted molar refractivity (Wildman–Crippen MR) is 173 cm³/mol. The summed E-state index contributed by atoms with van der Waals surface area (Å²) in [7, 11) is 0. The fourth-order valence-corrected chi connectivity index (χ4v) is 6.57. The maximum absolute atomic E-state index is 2.40. The monoisotopic (exact) mass is 520 g/mol. The Morgan fingerprint density at radius 1 is 0.615 bits per heavy atom. The highest BCUT2D eigenvalue weighted by atomic mass is 32.1. The van der Waals surface area contributed by atoms with Crippen molar-refractivity contribution in [2.24, 2.45) is 0 Å². The Labute approximate surface area is 235 Å². The first-order valence-corrected chi connectivity index (χ1v) is 14.6. The van der Waals surface area contributed by atoms with Crippen LogP contribution in [0.2, 0.25) is 0 Å². The fourth-order valence-electron chi connectivity index (χ4n) is 5.56. The molecule has 0 unspecified atom stereocenters. The molecule has 1 heterocycles. The Morgan fingerprint density at radius 3 is 1.82 bits per heavy atom. The summed E-state index contributed by atoms with van der Waals surface area (Å²) in [5, 5.41) is 5.21. The molecule has 0 radical (unpaired) electrons. The van der Waals surface area contributed by atoms with E-state index in [0.29, 0.717) is 0 Å². The number of allylic oxidation sites excluding steroid dienone is 4. The molecule has 0 fully saturated rings. The molecule has 0 spiro atoms. The normalized spacial score (nSPS) is 12.1. The van der Waals surface area contributed by atoms with Crippen molar-refractivity contribution in [3.8, 4) is 32.0 Å². The lowest BCUT2D eigenvalue weighted by Crippen LogP contribution is -1.93. The second-order valence-electron chi connectivity index (χ2n) is 9.90. The molecule has 0 aliphatic rings. The van der Waals surface area contributed by atoms with E-state index in [2.05, 4.69) is 147 Å². The minimum absolute atomic E-state index is 1.07. The maximum Gasteiger partial charge on any atom is 0.0349 e. The lowest BCUT2D eigenvalue weighted by atomic mass is 9.85. The second kappa shape index (κ2) is 11.3. The zero-order valence-electron chi connectivity index (χ0n) is 22.5. The Hall–Kier alpha value is -4.20. The molecular weight excluding hydrogens is 488 g/mol. The van der Waals surface area contributed by atoms with Gasteiger partial charge in [0.25, 0.3) is 0 Å². The summed E-state index contributed by atoms with van der Waals surface area (Å²) < 4.78 is 0. The number of rotatable bonds is 7. The molecule has 190 valence electrons. The minimum atomic E-state index is 1.07. The standard InChI is InChI=1S/C38H32S/c1-3-5-15-28(14-4-2)37-31-20-9-11-22-33(31)38(34-23-12-10-21-32(34)37)30-19-13-18-29(26-30)36-25-24-35(39-36)27-16-7-6-8-17-27/h4,6-26H,3,5H2,1-2H3/b14-4-,28-15+. The zero-order valence-corrected chi connectivity index (χ0v) is 23.3. The lowest BCUT2D eigenvalue weighted by Gasteiger charge is -2.18. The number of thiophene rings is 1. The third-order valence-corrected chi connectivity index (χ3v) is 8.50. The molecule has 0 atom stereocenters. The predicted octanol–water partition coefficient (Wildman–Crippen LogP) is 11.8. The molecule has 0 aliphatic carbocycles. The van der Waals surface area contributed by atoms with E-state index in [9.17, 15) is 0 Å². The minimum Gasteiger partial charge on any atom is -0.135 e. The molecule has 0 nitrogen and oxygen atoms in total. The fraction of sp³-hybridized carbons (Fsp3) is 0.105. The van der Waals surface area contributed by atoms with Gasteiger partial charge in [-0.1, -0.05) is 129 Å². The van der Waals surface area contributed by atoms with Crippen LogP contribution < -0.4 is 0 Å². The van der Waals surface area contributed by atoms with Gasteiger partial charge in [0.15, 0.2) is 0 Å². The number of unbranched alkanes of at least 4 members (excludes halogenated alkanes) is 1. The van der Waals surface area contributed by atoms with Crippen molar-refractivity contribution in [3.63, 3.8) is 0 Å². The van der Waals surface area contributed by atoms with Crippen molar-refractivity contribution in [2.45, 2.75) is 26.7 Å². The summed E-state index contributed by atoms with van der Waals surface area (Å²) in [6.45, 7) is 4.35. The summed E-state index contributed by atoms with van der Waals surface area (Å²) in [6, 6.07) is 42.1. The molecule has 0 N–H and O–H groups in total. The van der Waals surface area contributed by atoms with Gasteiger partial charge in [0, 0.05) is 9.75 Å². The zero-order chi connectivity index (χ0) is 26.6. The van der Waals surface area contributed by atoms with Crippen LogP contribution in [0.4, 0.5) is 0 Å². The maximum atomic E-state index is 2.40. The first-order valence-electron chi connectivity index (χ1n) is 13.8. The van der Waals surface area contributed by atoms with Crippen LogP contribution in [0.25, 0.3) is 59.1 Å². The second-order valence-corrected chi connectivity index (χ2v) is 11.0. The molecule has 5 aromatic carbocycles. The smallest absolute Gasteiger partial charge is 0.0349 e. The van der Waals surface area contributed by atoms with Crippen LogP contribution in [-0.2, 0) is 0 Å². The molecule has 0 saturated heterocycles. The van der Waals surface area contributed by atoms with Crippen molar-refractivity contribution >= 4 is 38.5 Å². The van der Waals surface area contributed by atoms with Gasteiger partial charge in [-0.2, -0.15) is 0 Å². The molecule has 6 aromatic rings. The molecule has 0 bridgehead atoms. The van der Waals surface area contributed by atoms with E-state index in [1.165, 1.54) is 64.7 Å². The van der Waals surface area contributed by atoms with Gasteiger partial charge in [0.2, 0.25) is 0 Å². The third-order valence-electron chi connectivity index (χ3n) is 7.32. The van der Waals surface area contributed by atoms with Crippen LogP contribution in [0.3, 0.4) is 0 Å². The van der Waals surface area contributed by atoms with Gasteiger partial charge in [-0.3, -0.25) is 0 Å². The van der Waals surface area contributed by atoms with Gasteiger partial charge in [-0.05, 0) is 86.5 Å². The average Bonchev–Trinajstić information content (AvgIpc) is 3.49. The van der Waals surface area contributed by atoms with Gasteiger partial charge in [-0.25, -0.2) is 0 Å². The number of fused-ring (bicyclic) bond motifs is 2. The van der Waals surface area contributed by atoms with Crippen LogP contribution >= 0.6 is 11.3 Å². The number of hydrogen-bond acceptors (Lipinski definition) is 1. The van der Waals surface area contributed by atoms with Gasteiger partial charge >= 0.3 is 0 Å². The lowest BCUT2D eigenvalue weighted by molar-refractivity contribution is 0.960. The van der Waals surface area contributed by atoms with E-state index < -0.39 is 0 Å². The first-order chi connectivity index (χ1) is 19.3. The van der Waals surface area contributed by atoms with E-state index in [4.69, 9.17) is 0 Å². The van der Waals surface area contributed by atoms with Gasteiger partial charge in [0.05, 0.1) is 0 Å². The molecule has 0 saturated carbocycles. The molecule has 6 rings (SSSR count). The molecule has 1 heteroatoms. The van der Waals surface area contributed by atoms with E-state index >= 15 is 0 Å². The summed E-state index contributed by atoms with van der Waals surface area (Å²) in [5.74, 6) is 0. The summed E-state index contributed by atoms with van der Waals surface area (Å²) >= 11 is 1.85. The highest BCUT2D eigenvalue weighted by Crippen LogP contribution is 2.43. The topological polar surface area (TPSA) is 0 Å². The van der Waals surface area contributed by atoms with Crippen molar-refractivity contribution in [3.05, 3.63) is 139 Å². The van der Waals surface area contributed by atoms with Gasteiger partial charge in [-0.15, -0.1) is 11.3 Å². The van der Waals surface area contributed by atoms with E-state index in [1.807, 2.05) is 11.3 Å². The number of benzene rings is 5. The highest BCUT2D eigenvalue weighted by Gasteiger charge is 2.17. The Morgan fingerprint density at radius 2 is 1.18 bits per heavy atom. The van der Waals surface area contributed by atoms with E-state index in [1.54, 1.807) is 0 Å². The van der Waals surface area contributed by atoms with Crippen molar-refractivity contribution < 1.29 is 0 Å². The molecule has 0 aliphatic heterocycles. The summed E-state index contributed by atoms with van der Waals surface area (Å²) in [5.41, 5.74) is 7.73.